The quantitative estimate of drug-likeness (QED) is 0.751. The maximum absolute atomic E-state index is 12.1. The Morgan fingerprint density at radius 3 is 3.21 bits per heavy atom. The monoisotopic (exact) mass is 259 g/mol. The first-order chi connectivity index (χ1) is 9.33. The molecule has 1 atom stereocenters. The van der Waals surface area contributed by atoms with Gasteiger partial charge in [-0.05, 0) is 12.8 Å². The van der Waals surface area contributed by atoms with Gasteiger partial charge in [0, 0.05) is 42.9 Å². The van der Waals surface area contributed by atoms with Gasteiger partial charge in [0.1, 0.15) is 0 Å². The lowest BCUT2D eigenvalue weighted by Crippen LogP contribution is -2.35. The van der Waals surface area contributed by atoms with Crippen molar-refractivity contribution in [2.45, 2.75) is 25.7 Å². The predicted octanol–water partition coefficient (Wildman–Crippen LogP) is 0.597. The molecule has 0 saturated carbocycles. The third kappa shape index (κ3) is 2.67. The fourth-order valence-corrected chi connectivity index (χ4v) is 2.51. The normalized spacial score (nSPS) is 18.0. The maximum Gasteiger partial charge on any atom is 0.223 e. The highest BCUT2D eigenvalue weighted by atomic mass is 16.1. The molecule has 2 heterocycles. The number of fused-ring (bicyclic) bond motifs is 1. The summed E-state index contributed by atoms with van der Waals surface area (Å²) < 4.78 is 0. The van der Waals surface area contributed by atoms with Crippen molar-refractivity contribution in [2.24, 2.45) is 5.92 Å². The van der Waals surface area contributed by atoms with Crippen molar-refractivity contribution < 1.29 is 4.79 Å². The predicted molar refractivity (Wildman–Crippen MR) is 69.4 cm³/mol. The van der Waals surface area contributed by atoms with E-state index in [-0.39, 0.29) is 11.8 Å². The molecule has 1 aliphatic rings. The number of nitrogens with one attached hydrogen (secondary N) is 3. The summed E-state index contributed by atoms with van der Waals surface area (Å²) in [5, 5.41) is 2.99. The second-order valence-corrected chi connectivity index (χ2v) is 4.89. The van der Waals surface area contributed by atoms with Crippen molar-refractivity contribution >= 4 is 5.91 Å². The van der Waals surface area contributed by atoms with Crippen LogP contribution in [0.3, 0.4) is 0 Å². The average Bonchev–Trinajstić information content (AvgIpc) is 3.08. The molecule has 2 aromatic rings. The molecular weight excluding hydrogens is 242 g/mol. The lowest BCUT2D eigenvalue weighted by atomic mass is 9.89. The van der Waals surface area contributed by atoms with Crippen LogP contribution in [0.2, 0.25) is 0 Å². The number of carbonyl (C=O) groups excluding carboxylic acids is 1. The highest BCUT2D eigenvalue weighted by Gasteiger charge is 2.25. The third-order valence-corrected chi connectivity index (χ3v) is 3.61. The molecule has 0 aromatic carbocycles. The molecule has 1 aliphatic carbocycles. The first-order valence-electron chi connectivity index (χ1n) is 6.59. The van der Waals surface area contributed by atoms with E-state index in [1.165, 1.54) is 0 Å². The summed E-state index contributed by atoms with van der Waals surface area (Å²) in [7, 11) is 0. The second kappa shape index (κ2) is 5.26. The zero-order valence-corrected chi connectivity index (χ0v) is 10.6. The Balaban J connectivity index is 1.49. The number of aromatic amines is 2. The summed E-state index contributed by atoms with van der Waals surface area (Å²) in [5.74, 6) is 0.203. The number of nitrogens with zero attached hydrogens (tertiary/aromatic N) is 2. The molecule has 0 bridgehead atoms. The number of imidazole rings is 2. The highest BCUT2D eigenvalue weighted by molar-refractivity contribution is 5.79. The number of hydrogen-bond acceptors (Lipinski definition) is 3. The standard InChI is InChI=1S/C13H17N5O/c19-13(15-4-3-10-6-14-7-16-10)9-1-2-11-12(5-9)18-8-17-11/h6-9H,1-5H2,(H,14,16)(H,15,19)(H,17,18). The largest absolute Gasteiger partial charge is 0.355 e. The topological polar surface area (TPSA) is 86.5 Å². The Kier molecular flexibility index (Phi) is 3.31. The Morgan fingerprint density at radius 2 is 2.37 bits per heavy atom. The van der Waals surface area contributed by atoms with Crippen LogP contribution in [0.1, 0.15) is 23.5 Å². The van der Waals surface area contributed by atoms with Crippen LogP contribution in [0, 0.1) is 5.92 Å². The molecule has 1 amide bonds. The summed E-state index contributed by atoms with van der Waals surface area (Å²) in [4.78, 5) is 26.4. The molecule has 0 fully saturated rings. The summed E-state index contributed by atoms with van der Waals surface area (Å²) in [6, 6.07) is 0. The maximum atomic E-state index is 12.1. The van der Waals surface area contributed by atoms with Crippen LogP contribution < -0.4 is 5.32 Å². The van der Waals surface area contributed by atoms with Crippen LogP contribution in [-0.2, 0) is 24.1 Å². The summed E-state index contributed by atoms with van der Waals surface area (Å²) in [6.45, 7) is 0.646. The lowest BCUT2D eigenvalue weighted by molar-refractivity contribution is -0.125. The highest BCUT2D eigenvalue weighted by Crippen LogP contribution is 2.22. The molecule has 0 saturated heterocycles. The molecule has 3 N–H and O–H groups in total. The molecule has 1 unspecified atom stereocenters. The van der Waals surface area contributed by atoms with E-state index in [0.29, 0.717) is 6.54 Å². The van der Waals surface area contributed by atoms with Crippen molar-refractivity contribution in [1.29, 1.82) is 0 Å². The van der Waals surface area contributed by atoms with Crippen molar-refractivity contribution in [1.82, 2.24) is 25.3 Å². The fourth-order valence-electron chi connectivity index (χ4n) is 2.51. The van der Waals surface area contributed by atoms with Gasteiger partial charge in [-0.15, -0.1) is 0 Å². The van der Waals surface area contributed by atoms with Gasteiger partial charge < -0.3 is 15.3 Å². The van der Waals surface area contributed by atoms with E-state index in [1.807, 2.05) is 0 Å². The number of H-pyrrole nitrogens is 2. The smallest absolute Gasteiger partial charge is 0.223 e. The van der Waals surface area contributed by atoms with Crippen LogP contribution >= 0.6 is 0 Å². The molecule has 0 radical (unpaired) electrons. The minimum absolute atomic E-state index is 0.0646. The zero-order valence-electron chi connectivity index (χ0n) is 10.6. The first kappa shape index (κ1) is 12.0. The lowest BCUT2D eigenvalue weighted by Gasteiger charge is -2.20. The number of aromatic nitrogens is 4. The molecule has 19 heavy (non-hydrogen) atoms. The van der Waals surface area contributed by atoms with E-state index in [1.54, 1.807) is 18.9 Å². The van der Waals surface area contributed by atoms with Gasteiger partial charge in [-0.3, -0.25) is 4.79 Å². The van der Waals surface area contributed by atoms with E-state index in [4.69, 9.17) is 0 Å². The number of aryl methyl sites for hydroxylation is 1. The summed E-state index contributed by atoms with van der Waals surface area (Å²) >= 11 is 0. The summed E-state index contributed by atoms with van der Waals surface area (Å²) in [5.41, 5.74) is 3.27. The van der Waals surface area contributed by atoms with Gasteiger partial charge in [0.15, 0.2) is 0 Å². The van der Waals surface area contributed by atoms with Crippen LogP contribution in [0.5, 0.6) is 0 Å². The Hall–Kier alpha value is -2.11. The first-order valence-corrected chi connectivity index (χ1v) is 6.59. The van der Waals surface area contributed by atoms with E-state index in [2.05, 4.69) is 25.3 Å². The Morgan fingerprint density at radius 1 is 1.42 bits per heavy atom. The van der Waals surface area contributed by atoms with Crippen molar-refractivity contribution in [3.05, 3.63) is 35.9 Å². The molecule has 0 aliphatic heterocycles. The van der Waals surface area contributed by atoms with Crippen molar-refractivity contribution in [3.63, 3.8) is 0 Å². The van der Waals surface area contributed by atoms with Gasteiger partial charge in [0.2, 0.25) is 5.91 Å². The molecule has 100 valence electrons. The number of carbonyl (C=O) groups is 1. The fraction of sp³-hybridized carbons (Fsp3) is 0.462. The molecule has 0 spiro atoms. The minimum atomic E-state index is 0.0646. The van der Waals surface area contributed by atoms with E-state index < -0.39 is 0 Å². The van der Waals surface area contributed by atoms with Gasteiger partial charge in [0.05, 0.1) is 18.3 Å². The van der Waals surface area contributed by atoms with Gasteiger partial charge >= 0.3 is 0 Å². The summed E-state index contributed by atoms with van der Waals surface area (Å²) in [6.07, 6.45) is 8.47. The number of amides is 1. The average molecular weight is 259 g/mol. The van der Waals surface area contributed by atoms with E-state index >= 15 is 0 Å². The number of hydrogen-bond donors (Lipinski definition) is 3. The van der Waals surface area contributed by atoms with E-state index in [9.17, 15) is 4.79 Å². The minimum Gasteiger partial charge on any atom is -0.355 e. The molecule has 6 heteroatoms. The molecule has 6 nitrogen and oxygen atoms in total. The zero-order chi connectivity index (χ0) is 13.1. The van der Waals surface area contributed by atoms with Gasteiger partial charge in [-0.25, -0.2) is 9.97 Å². The Labute approximate surface area is 111 Å². The van der Waals surface area contributed by atoms with Gasteiger partial charge in [-0.1, -0.05) is 0 Å². The Bertz CT molecular complexity index is 545. The SMILES string of the molecule is O=C(NCCc1cnc[nH]1)C1CCc2nc[nH]c2C1. The van der Waals surface area contributed by atoms with E-state index in [0.717, 1.165) is 42.8 Å². The molecule has 2 aromatic heterocycles. The van der Waals surface area contributed by atoms with Crippen LogP contribution in [-0.4, -0.2) is 32.4 Å². The van der Waals surface area contributed by atoms with Crippen LogP contribution in [0.4, 0.5) is 0 Å². The molecular formula is C13H17N5O. The van der Waals surface area contributed by atoms with Crippen LogP contribution in [0.25, 0.3) is 0 Å². The third-order valence-electron chi connectivity index (χ3n) is 3.61. The van der Waals surface area contributed by atoms with Gasteiger partial charge in [0.25, 0.3) is 0 Å². The molecule has 3 rings (SSSR count). The van der Waals surface area contributed by atoms with Crippen LogP contribution in [0.15, 0.2) is 18.9 Å². The van der Waals surface area contributed by atoms with Gasteiger partial charge in [-0.2, -0.15) is 0 Å². The van der Waals surface area contributed by atoms with Crippen molar-refractivity contribution in [2.75, 3.05) is 6.54 Å². The number of rotatable bonds is 4. The second-order valence-electron chi connectivity index (χ2n) is 4.89. The van der Waals surface area contributed by atoms with Crippen molar-refractivity contribution in [3.8, 4) is 0 Å².